The van der Waals surface area contributed by atoms with Crippen molar-refractivity contribution in [2.24, 2.45) is 5.92 Å². The Hall–Kier alpha value is -4.79. The summed E-state index contributed by atoms with van der Waals surface area (Å²) >= 11 is 1.43. The number of carboxylic acids is 1. The maximum absolute atomic E-state index is 14.6. The molecule has 0 spiro atoms. The van der Waals surface area contributed by atoms with Crippen molar-refractivity contribution in [2.75, 3.05) is 13.7 Å². The lowest BCUT2D eigenvalue weighted by molar-refractivity contribution is -0.145. The lowest BCUT2D eigenvalue weighted by atomic mass is 9.96. The van der Waals surface area contributed by atoms with Crippen LogP contribution in [-0.4, -0.2) is 91.1 Å². The highest BCUT2D eigenvalue weighted by Crippen LogP contribution is 2.46. The van der Waals surface area contributed by atoms with Crippen LogP contribution in [0.5, 0.6) is 5.75 Å². The van der Waals surface area contributed by atoms with Crippen molar-refractivity contribution in [2.45, 2.75) is 107 Å². The number of urea groups is 1. The fourth-order valence-corrected chi connectivity index (χ4v) is 8.41. The van der Waals surface area contributed by atoms with Crippen molar-refractivity contribution in [3.8, 4) is 27.7 Å². The van der Waals surface area contributed by atoms with E-state index < -0.39 is 35.5 Å². The number of benzene rings is 1. The molecular weight excluding hydrogens is 685 g/mol. The standard InChI is InChI=1S/C37H46N8O6S/c1-51-27-16-14-23(15-17-27)30-31(33-38-18-19-52-33)43-45(42-30)26-20-29-32(46)41-37(35(48)49)21-24(37)10-6-3-2-4-9-13-28(34(47)44(29)22-26)40-36(50)39-25-11-7-5-8-12-25/h6,10,14-19,24-26,28-29H,2-5,7-9,11-13,20-22H2,1H3,(H,41,46)(H,48,49)(H2,39,40,50)/b10-6-/t24?,26-,28?,29?,37?/m1/s1. The van der Waals surface area contributed by atoms with Gasteiger partial charge in [-0.1, -0.05) is 44.3 Å². The lowest BCUT2D eigenvalue weighted by Gasteiger charge is -2.30. The number of allylic oxidation sites excluding steroid dienone is 1. The monoisotopic (exact) mass is 730 g/mol. The second kappa shape index (κ2) is 15.4. The number of rotatable bonds is 7. The van der Waals surface area contributed by atoms with Crippen LogP contribution in [0.15, 0.2) is 48.0 Å². The van der Waals surface area contributed by atoms with Gasteiger partial charge in [0.2, 0.25) is 11.8 Å². The predicted molar refractivity (Wildman–Crippen MR) is 193 cm³/mol. The number of carbonyl (C=O) groups excluding carboxylic acids is 3. The Bertz CT molecular complexity index is 1790. The molecule has 3 fully saturated rings. The van der Waals surface area contributed by atoms with Crippen molar-refractivity contribution >= 4 is 35.2 Å². The molecule has 7 rings (SSSR count). The van der Waals surface area contributed by atoms with Crippen LogP contribution in [0.25, 0.3) is 22.0 Å². The molecule has 2 saturated carbocycles. The first-order chi connectivity index (χ1) is 25.3. The zero-order valence-electron chi connectivity index (χ0n) is 29.3. The number of hydrogen-bond donors (Lipinski definition) is 4. The van der Waals surface area contributed by atoms with E-state index in [1.54, 1.807) is 18.1 Å². The molecule has 1 aromatic carbocycles. The van der Waals surface area contributed by atoms with E-state index in [4.69, 9.17) is 14.9 Å². The molecule has 4 unspecified atom stereocenters. The minimum Gasteiger partial charge on any atom is -0.497 e. The molecule has 4 aliphatic rings. The molecule has 2 aliphatic heterocycles. The summed E-state index contributed by atoms with van der Waals surface area (Å²) in [6, 6.07) is 4.73. The van der Waals surface area contributed by atoms with Crippen LogP contribution < -0.4 is 20.7 Å². The van der Waals surface area contributed by atoms with E-state index in [1.165, 1.54) is 16.2 Å². The molecule has 52 heavy (non-hydrogen) atoms. The number of hydrogen-bond acceptors (Lipinski definition) is 9. The highest BCUT2D eigenvalue weighted by atomic mass is 32.1. The zero-order valence-corrected chi connectivity index (χ0v) is 30.1. The van der Waals surface area contributed by atoms with Crippen LogP contribution in [-0.2, 0) is 14.4 Å². The van der Waals surface area contributed by atoms with Crippen LogP contribution in [0.2, 0.25) is 0 Å². The van der Waals surface area contributed by atoms with E-state index in [2.05, 4.69) is 20.9 Å². The molecule has 276 valence electrons. The van der Waals surface area contributed by atoms with Gasteiger partial charge in [0.1, 0.15) is 39.8 Å². The van der Waals surface area contributed by atoms with Crippen molar-refractivity contribution in [1.29, 1.82) is 0 Å². The molecule has 2 aliphatic carbocycles. The summed E-state index contributed by atoms with van der Waals surface area (Å²) in [5, 5.41) is 31.4. The summed E-state index contributed by atoms with van der Waals surface area (Å²) in [4.78, 5) is 62.1. The third kappa shape index (κ3) is 7.55. The number of thiazole rings is 1. The second-order valence-electron chi connectivity index (χ2n) is 14.3. The first-order valence-electron chi connectivity index (χ1n) is 18.4. The van der Waals surface area contributed by atoms with Gasteiger partial charge in [-0.15, -0.1) is 16.4 Å². The van der Waals surface area contributed by atoms with Crippen LogP contribution in [0.3, 0.4) is 0 Å². The number of nitrogens with one attached hydrogen (secondary N) is 3. The van der Waals surface area contributed by atoms with Gasteiger partial charge in [0.05, 0.1) is 13.2 Å². The molecular formula is C37H46N8O6S. The highest BCUT2D eigenvalue weighted by Gasteiger charge is 2.61. The van der Waals surface area contributed by atoms with Crippen LogP contribution in [0.1, 0.15) is 83.1 Å². The summed E-state index contributed by atoms with van der Waals surface area (Å²) in [7, 11) is 1.60. The van der Waals surface area contributed by atoms with E-state index >= 15 is 0 Å². The van der Waals surface area contributed by atoms with Gasteiger partial charge >= 0.3 is 12.0 Å². The first kappa shape index (κ1) is 35.6. The van der Waals surface area contributed by atoms with Gasteiger partial charge in [0.25, 0.3) is 0 Å². The highest BCUT2D eigenvalue weighted by molar-refractivity contribution is 7.13. The zero-order chi connectivity index (χ0) is 36.2. The fourth-order valence-electron chi connectivity index (χ4n) is 7.79. The lowest BCUT2D eigenvalue weighted by Crippen LogP contribution is -2.57. The molecule has 14 nitrogen and oxygen atoms in total. The van der Waals surface area contributed by atoms with Gasteiger partial charge < -0.3 is 30.7 Å². The van der Waals surface area contributed by atoms with Crippen molar-refractivity contribution in [3.05, 3.63) is 48.0 Å². The Morgan fingerprint density at radius 3 is 2.48 bits per heavy atom. The number of nitrogens with zero attached hydrogens (tertiary/aromatic N) is 5. The number of carboxylic acid groups (broad SMARTS) is 1. The number of ether oxygens (including phenoxy) is 1. The van der Waals surface area contributed by atoms with Gasteiger partial charge in [-0.2, -0.15) is 9.90 Å². The molecule has 5 atom stereocenters. The average molecular weight is 731 g/mol. The first-order valence-corrected chi connectivity index (χ1v) is 19.2. The molecule has 3 aromatic rings. The molecule has 2 aromatic heterocycles. The molecule has 0 bridgehead atoms. The van der Waals surface area contributed by atoms with Gasteiger partial charge in [-0.3, -0.25) is 9.59 Å². The third-order valence-electron chi connectivity index (χ3n) is 10.8. The summed E-state index contributed by atoms with van der Waals surface area (Å²) in [6.45, 7) is 0.0940. The number of aromatic nitrogens is 4. The third-order valence-corrected chi connectivity index (χ3v) is 11.6. The number of amides is 4. The Morgan fingerprint density at radius 1 is 1.00 bits per heavy atom. The summed E-state index contributed by atoms with van der Waals surface area (Å²) in [5.41, 5.74) is 0.524. The minimum atomic E-state index is -1.43. The Balaban J connectivity index is 1.20. The normalized spacial score (nSPS) is 27.7. The van der Waals surface area contributed by atoms with Crippen molar-refractivity contribution < 1.29 is 29.0 Å². The molecule has 4 heterocycles. The van der Waals surface area contributed by atoms with Crippen LogP contribution >= 0.6 is 11.3 Å². The fraction of sp³-hybridized carbons (Fsp3) is 0.541. The summed E-state index contributed by atoms with van der Waals surface area (Å²) in [5.74, 6) is -1.66. The number of fused-ring (bicyclic) bond motifs is 2. The van der Waals surface area contributed by atoms with Crippen LogP contribution in [0, 0.1) is 5.92 Å². The van der Waals surface area contributed by atoms with Gasteiger partial charge in [0.15, 0.2) is 0 Å². The Morgan fingerprint density at radius 2 is 1.75 bits per heavy atom. The van der Waals surface area contributed by atoms with Crippen molar-refractivity contribution in [1.82, 2.24) is 40.8 Å². The van der Waals surface area contributed by atoms with E-state index in [9.17, 15) is 24.3 Å². The quantitative estimate of drug-likeness (QED) is 0.251. The number of carbonyl (C=O) groups is 4. The Kier molecular flexibility index (Phi) is 10.6. The molecule has 4 N–H and O–H groups in total. The average Bonchev–Trinajstić information content (AvgIpc) is 3.60. The summed E-state index contributed by atoms with van der Waals surface area (Å²) in [6.07, 6.45) is 14.7. The molecule has 0 radical (unpaired) electrons. The smallest absolute Gasteiger partial charge is 0.330 e. The summed E-state index contributed by atoms with van der Waals surface area (Å²) < 4.78 is 5.35. The van der Waals surface area contributed by atoms with E-state index in [1.807, 2.05) is 41.8 Å². The Labute approximate surface area is 306 Å². The molecule has 1 saturated heterocycles. The topological polar surface area (TPSA) is 181 Å². The van der Waals surface area contributed by atoms with Gasteiger partial charge in [-0.25, -0.2) is 14.6 Å². The SMILES string of the molecule is COc1ccc(-c2nn([C@@H]3CC4C(=O)NC5(C(=O)O)CC5/C=C\CCCCCC(NC(=O)NC5CCCCC5)C(=O)N4C3)nc2-c2nccs2)cc1. The maximum Gasteiger partial charge on any atom is 0.330 e. The minimum absolute atomic E-state index is 0.0594. The van der Waals surface area contributed by atoms with Gasteiger partial charge in [0, 0.05) is 42.1 Å². The van der Waals surface area contributed by atoms with Crippen LogP contribution in [0.4, 0.5) is 4.79 Å². The molecule has 15 heteroatoms. The largest absolute Gasteiger partial charge is 0.497 e. The molecule has 4 amide bonds. The second-order valence-corrected chi connectivity index (χ2v) is 15.2. The predicted octanol–water partition coefficient (Wildman–Crippen LogP) is 4.70. The maximum atomic E-state index is 14.6. The number of methoxy groups -OCH3 is 1. The van der Waals surface area contributed by atoms with Crippen molar-refractivity contribution in [3.63, 3.8) is 0 Å². The van der Waals surface area contributed by atoms with E-state index in [-0.39, 0.29) is 43.3 Å². The van der Waals surface area contributed by atoms with E-state index in [0.717, 1.165) is 56.9 Å². The van der Waals surface area contributed by atoms with E-state index in [0.29, 0.717) is 35.0 Å². The number of aliphatic carboxylic acids is 1. The van der Waals surface area contributed by atoms with Gasteiger partial charge in [-0.05, 0) is 62.8 Å².